The molecule has 3 amide bonds. The van der Waals surface area contributed by atoms with Gasteiger partial charge in [0.2, 0.25) is 0 Å². The number of hydrazine groups is 1. The molecule has 0 N–H and O–H groups in total. The lowest BCUT2D eigenvalue weighted by Gasteiger charge is -2.45. The quantitative estimate of drug-likeness (QED) is 0.273. The number of hydrogen-bond donors (Lipinski definition) is 0. The van der Waals surface area contributed by atoms with Crippen molar-refractivity contribution in [3.05, 3.63) is 140 Å². The SMILES string of the molecule is O=C(c1ccc(Cl)cc1)N(Cc1ccccc1Cl)N1C(=O)[C@@H]2C3c4ccccc4C(c4ccccc43)[C@@H]2C1=O. The van der Waals surface area contributed by atoms with Gasteiger partial charge in [0, 0.05) is 27.4 Å². The Kier molecular flexibility index (Phi) is 5.62. The van der Waals surface area contributed by atoms with Crippen molar-refractivity contribution in [2.24, 2.45) is 11.8 Å². The molecule has 4 aromatic carbocycles. The van der Waals surface area contributed by atoms with Crippen LogP contribution in [0.2, 0.25) is 10.0 Å². The average molecular weight is 553 g/mol. The number of nitrogens with zero attached hydrogens (tertiary/aromatic N) is 2. The molecule has 8 rings (SSSR count). The number of benzene rings is 4. The van der Waals surface area contributed by atoms with E-state index in [1.54, 1.807) is 42.5 Å². The van der Waals surface area contributed by atoms with Crippen LogP contribution in [-0.2, 0) is 16.1 Å². The predicted molar refractivity (Wildman–Crippen MR) is 148 cm³/mol. The van der Waals surface area contributed by atoms with Gasteiger partial charge in [0.15, 0.2) is 0 Å². The minimum atomic E-state index is -0.598. The first-order chi connectivity index (χ1) is 19.0. The Hall–Kier alpha value is -3.93. The number of carbonyl (C=O) groups is 3. The van der Waals surface area contributed by atoms with Crippen molar-refractivity contribution in [1.29, 1.82) is 0 Å². The number of imide groups is 1. The van der Waals surface area contributed by atoms with E-state index in [1.165, 1.54) is 5.01 Å². The monoisotopic (exact) mass is 552 g/mol. The van der Waals surface area contributed by atoms with Crippen LogP contribution in [0.25, 0.3) is 0 Å². The van der Waals surface area contributed by atoms with E-state index >= 15 is 0 Å². The van der Waals surface area contributed by atoms with Crippen LogP contribution in [0.5, 0.6) is 0 Å². The zero-order chi connectivity index (χ0) is 26.8. The number of carbonyl (C=O) groups excluding carboxylic acids is 3. The molecular formula is C32H22Cl2N2O3. The van der Waals surface area contributed by atoms with E-state index in [-0.39, 0.29) is 30.2 Å². The van der Waals surface area contributed by atoms with Gasteiger partial charge in [-0.3, -0.25) is 14.4 Å². The molecule has 0 aromatic heterocycles. The molecule has 0 unspecified atom stereocenters. The second-order valence-corrected chi connectivity index (χ2v) is 11.1. The molecule has 5 nitrogen and oxygen atoms in total. The summed E-state index contributed by atoms with van der Waals surface area (Å²) >= 11 is 12.5. The average Bonchev–Trinajstić information content (AvgIpc) is 3.22. The van der Waals surface area contributed by atoms with E-state index in [0.717, 1.165) is 27.3 Å². The Bertz CT molecular complexity index is 1550. The fraction of sp³-hybridized carbons (Fsp3) is 0.156. The van der Waals surface area contributed by atoms with Gasteiger partial charge in [0.1, 0.15) is 0 Å². The van der Waals surface area contributed by atoms with Gasteiger partial charge in [-0.1, -0.05) is 89.9 Å². The lowest BCUT2D eigenvalue weighted by Crippen LogP contribution is -2.50. The van der Waals surface area contributed by atoms with Crippen molar-refractivity contribution >= 4 is 40.9 Å². The van der Waals surface area contributed by atoms with E-state index in [4.69, 9.17) is 23.2 Å². The molecule has 3 aliphatic carbocycles. The van der Waals surface area contributed by atoms with Crippen molar-refractivity contribution in [2.75, 3.05) is 0 Å². The predicted octanol–water partition coefficient (Wildman–Crippen LogP) is 6.44. The Morgan fingerprint density at radius 3 is 1.62 bits per heavy atom. The highest BCUT2D eigenvalue weighted by Gasteiger charge is 2.63. The molecule has 1 saturated heterocycles. The van der Waals surface area contributed by atoms with Gasteiger partial charge >= 0.3 is 0 Å². The summed E-state index contributed by atoms with van der Waals surface area (Å²) in [6.07, 6.45) is 0. The maximum atomic E-state index is 14.3. The van der Waals surface area contributed by atoms with Gasteiger partial charge < -0.3 is 0 Å². The first kappa shape index (κ1) is 24.1. The maximum absolute atomic E-state index is 14.3. The summed E-state index contributed by atoms with van der Waals surface area (Å²) in [4.78, 5) is 42.6. The van der Waals surface area contributed by atoms with E-state index in [9.17, 15) is 14.4 Å². The van der Waals surface area contributed by atoms with Gasteiger partial charge in [-0.2, -0.15) is 5.01 Å². The normalized spacial score (nSPS) is 22.4. The highest BCUT2D eigenvalue weighted by molar-refractivity contribution is 6.31. The van der Waals surface area contributed by atoms with E-state index in [2.05, 4.69) is 24.3 Å². The van der Waals surface area contributed by atoms with Crippen LogP contribution in [0.4, 0.5) is 0 Å². The van der Waals surface area contributed by atoms with Crippen LogP contribution >= 0.6 is 23.2 Å². The first-order valence-electron chi connectivity index (χ1n) is 12.8. The summed E-state index contributed by atoms with van der Waals surface area (Å²) in [5.41, 5.74) is 5.25. The van der Waals surface area contributed by atoms with E-state index < -0.39 is 17.7 Å². The first-order valence-corrected chi connectivity index (χ1v) is 13.6. The Morgan fingerprint density at radius 1 is 0.667 bits per heavy atom. The molecule has 2 bridgehead atoms. The minimum Gasteiger partial charge on any atom is -0.272 e. The van der Waals surface area contributed by atoms with Crippen LogP contribution in [0.15, 0.2) is 97.1 Å². The van der Waals surface area contributed by atoms with Crippen LogP contribution < -0.4 is 0 Å². The smallest absolute Gasteiger partial charge is 0.272 e. The fourth-order valence-electron chi connectivity index (χ4n) is 6.66. The molecule has 192 valence electrons. The van der Waals surface area contributed by atoms with Gasteiger partial charge in [-0.15, -0.1) is 0 Å². The second-order valence-electron chi connectivity index (χ2n) is 10.2. The molecule has 0 saturated carbocycles. The summed E-state index contributed by atoms with van der Waals surface area (Å²) in [5.74, 6) is -2.92. The zero-order valence-electron chi connectivity index (χ0n) is 20.6. The summed E-state index contributed by atoms with van der Waals surface area (Å²) in [6.45, 7) is -0.0344. The molecule has 4 aromatic rings. The number of amides is 3. The summed E-state index contributed by atoms with van der Waals surface area (Å²) in [6, 6.07) is 29.7. The van der Waals surface area contributed by atoms with Crippen LogP contribution in [0.1, 0.15) is 50.0 Å². The van der Waals surface area contributed by atoms with Crippen molar-refractivity contribution in [3.63, 3.8) is 0 Å². The fourth-order valence-corrected chi connectivity index (χ4v) is 6.98. The van der Waals surface area contributed by atoms with Gasteiger partial charge in [0.05, 0.1) is 18.4 Å². The van der Waals surface area contributed by atoms with Crippen molar-refractivity contribution in [3.8, 4) is 0 Å². The molecule has 39 heavy (non-hydrogen) atoms. The number of rotatable bonds is 4. The molecule has 7 heteroatoms. The maximum Gasteiger partial charge on any atom is 0.273 e. The standard InChI is InChI=1S/C32H22Cl2N2O3/c33-20-15-13-18(14-16-20)30(37)35(17-19-7-1-6-12-25(19)34)36-31(38)28-26-21-8-2-3-9-22(21)27(29(28)32(36)39)24-11-5-4-10-23(24)26/h1-16,26-29H,17H2/t26?,27?,28-,29+. The number of hydrogen-bond acceptors (Lipinski definition) is 3. The third kappa shape index (κ3) is 3.57. The molecule has 0 radical (unpaired) electrons. The lowest BCUT2D eigenvalue weighted by atomic mass is 9.55. The van der Waals surface area contributed by atoms with Crippen LogP contribution in [-0.4, -0.2) is 27.7 Å². The summed E-state index contributed by atoms with van der Waals surface area (Å²) in [5, 5.41) is 3.27. The highest BCUT2D eigenvalue weighted by atomic mass is 35.5. The molecule has 4 aliphatic rings. The molecular weight excluding hydrogens is 531 g/mol. The number of halogens is 2. The molecule has 0 spiro atoms. The summed E-state index contributed by atoms with van der Waals surface area (Å²) < 4.78 is 0. The highest BCUT2D eigenvalue weighted by Crippen LogP contribution is 2.61. The Labute approximate surface area is 235 Å². The van der Waals surface area contributed by atoms with Crippen LogP contribution in [0, 0.1) is 11.8 Å². The zero-order valence-corrected chi connectivity index (χ0v) is 22.1. The third-order valence-electron chi connectivity index (χ3n) is 8.27. The Morgan fingerprint density at radius 2 is 1.13 bits per heavy atom. The molecule has 1 fully saturated rings. The van der Waals surface area contributed by atoms with Gasteiger partial charge in [-0.25, -0.2) is 5.01 Å². The van der Waals surface area contributed by atoms with Crippen molar-refractivity contribution < 1.29 is 14.4 Å². The lowest BCUT2D eigenvalue weighted by molar-refractivity contribution is -0.155. The van der Waals surface area contributed by atoms with Crippen molar-refractivity contribution in [2.45, 2.75) is 18.4 Å². The van der Waals surface area contributed by atoms with E-state index in [0.29, 0.717) is 21.2 Å². The minimum absolute atomic E-state index is 0.0344. The Balaban J connectivity index is 1.36. The second kappa shape index (κ2) is 9.08. The van der Waals surface area contributed by atoms with E-state index in [1.807, 2.05) is 30.3 Å². The van der Waals surface area contributed by atoms with Crippen molar-refractivity contribution in [1.82, 2.24) is 10.0 Å². The molecule has 2 atom stereocenters. The largest absolute Gasteiger partial charge is 0.273 e. The van der Waals surface area contributed by atoms with Gasteiger partial charge in [0.25, 0.3) is 17.7 Å². The third-order valence-corrected chi connectivity index (χ3v) is 8.89. The molecule has 1 aliphatic heterocycles. The van der Waals surface area contributed by atoms with Gasteiger partial charge in [-0.05, 0) is 58.1 Å². The topological polar surface area (TPSA) is 57.7 Å². The molecule has 1 heterocycles. The van der Waals surface area contributed by atoms with Crippen LogP contribution in [0.3, 0.4) is 0 Å². The summed E-state index contributed by atoms with van der Waals surface area (Å²) in [7, 11) is 0.